The summed E-state index contributed by atoms with van der Waals surface area (Å²) in [6.07, 6.45) is 1.93. The summed E-state index contributed by atoms with van der Waals surface area (Å²) in [6.45, 7) is 10.5. The van der Waals surface area contributed by atoms with Crippen molar-refractivity contribution in [3.05, 3.63) is 46.7 Å². The molecule has 1 fully saturated rings. The van der Waals surface area contributed by atoms with Crippen LogP contribution in [0.1, 0.15) is 57.1 Å². The number of carboxylic acid groups (broad SMARTS) is 1. The highest BCUT2D eigenvalue weighted by molar-refractivity contribution is 6.30. The Hall–Kier alpha value is -3.24. The smallest absolute Gasteiger partial charge is 0.290 e. The van der Waals surface area contributed by atoms with Gasteiger partial charge in [-0.1, -0.05) is 44.5 Å². The number of carbonyl (C=O) groups excluding carboxylic acids is 2. The highest BCUT2D eigenvalue weighted by Crippen LogP contribution is 2.37. The van der Waals surface area contributed by atoms with Crippen LogP contribution >= 0.6 is 11.6 Å². The van der Waals surface area contributed by atoms with Crippen LogP contribution in [0.25, 0.3) is 0 Å². The number of benzene rings is 1. The van der Waals surface area contributed by atoms with Crippen molar-refractivity contribution in [1.82, 2.24) is 20.2 Å². The van der Waals surface area contributed by atoms with Gasteiger partial charge in [0.2, 0.25) is 11.8 Å². The molecule has 1 aromatic heterocycles. The Kier molecular flexibility index (Phi) is 9.82. The van der Waals surface area contributed by atoms with Crippen molar-refractivity contribution >= 4 is 41.5 Å². The third kappa shape index (κ3) is 6.95. The number of piperazine rings is 1. The van der Waals surface area contributed by atoms with Crippen LogP contribution in [0.4, 0.5) is 11.6 Å². The van der Waals surface area contributed by atoms with Crippen LogP contribution in [0.2, 0.25) is 5.02 Å². The van der Waals surface area contributed by atoms with E-state index in [1.165, 1.54) is 6.33 Å². The van der Waals surface area contributed by atoms with Crippen LogP contribution in [0.5, 0.6) is 0 Å². The van der Waals surface area contributed by atoms with Gasteiger partial charge >= 0.3 is 0 Å². The average Bonchev–Trinajstić information content (AvgIpc) is 2.84. The minimum absolute atomic E-state index is 0.00852. The van der Waals surface area contributed by atoms with Crippen LogP contribution in [0.3, 0.4) is 0 Å². The van der Waals surface area contributed by atoms with Gasteiger partial charge in [-0.15, -0.1) is 0 Å². The second-order valence-electron chi connectivity index (χ2n) is 9.71. The molecule has 3 N–H and O–H groups in total. The van der Waals surface area contributed by atoms with Crippen molar-refractivity contribution < 1.29 is 19.5 Å². The number of halogens is 1. The third-order valence-corrected chi connectivity index (χ3v) is 6.87. The van der Waals surface area contributed by atoms with Gasteiger partial charge in [0.05, 0.1) is 5.92 Å². The maximum absolute atomic E-state index is 13.7. The summed E-state index contributed by atoms with van der Waals surface area (Å²) in [5.74, 6) is 1.32. The van der Waals surface area contributed by atoms with Gasteiger partial charge in [-0.2, -0.15) is 0 Å². The number of hydrogen-bond donors (Lipinski definition) is 3. The SMILES string of the molecule is CC(C)NC[C@@H](C(=O)N1CCN(c2ncnc3c2[C@H](C)CC(=O)N3)C[C@@H]1C)c1ccc(Cl)cc1.O=CO. The highest BCUT2D eigenvalue weighted by atomic mass is 35.5. The molecule has 0 aliphatic carbocycles. The molecule has 37 heavy (non-hydrogen) atoms. The van der Waals surface area contributed by atoms with E-state index in [9.17, 15) is 9.59 Å². The quantitative estimate of drug-likeness (QED) is 0.486. The second kappa shape index (κ2) is 12.8. The van der Waals surface area contributed by atoms with Gasteiger partial charge in [-0.25, -0.2) is 9.97 Å². The topological polar surface area (TPSA) is 128 Å². The molecule has 2 aliphatic rings. The lowest BCUT2D eigenvalue weighted by molar-refractivity contribution is -0.135. The maximum Gasteiger partial charge on any atom is 0.290 e. The summed E-state index contributed by atoms with van der Waals surface area (Å²) in [7, 11) is 0. The lowest BCUT2D eigenvalue weighted by atomic mass is 9.93. The first kappa shape index (κ1) is 28.3. The Morgan fingerprint density at radius 3 is 2.54 bits per heavy atom. The minimum atomic E-state index is -0.282. The first-order chi connectivity index (χ1) is 17.7. The average molecular weight is 531 g/mol. The van der Waals surface area contributed by atoms with E-state index >= 15 is 0 Å². The number of nitrogens with zero attached hydrogens (tertiary/aromatic N) is 4. The maximum atomic E-state index is 13.7. The fourth-order valence-electron chi connectivity index (χ4n) is 4.83. The Morgan fingerprint density at radius 1 is 1.24 bits per heavy atom. The number of nitrogens with one attached hydrogen (secondary N) is 2. The van der Waals surface area contributed by atoms with E-state index < -0.39 is 0 Å². The highest BCUT2D eigenvalue weighted by Gasteiger charge is 2.35. The Bertz CT molecular complexity index is 1100. The Balaban J connectivity index is 0.00000121. The summed E-state index contributed by atoms with van der Waals surface area (Å²) in [5.41, 5.74) is 1.95. The van der Waals surface area contributed by atoms with Gasteiger partial charge < -0.3 is 25.5 Å². The molecule has 1 aromatic carbocycles. The molecule has 0 unspecified atom stereocenters. The fourth-order valence-corrected chi connectivity index (χ4v) is 4.95. The number of amides is 2. The monoisotopic (exact) mass is 530 g/mol. The predicted molar refractivity (Wildman–Crippen MR) is 143 cm³/mol. The number of aromatic nitrogens is 2. The first-order valence-corrected chi connectivity index (χ1v) is 12.8. The van der Waals surface area contributed by atoms with E-state index in [4.69, 9.17) is 21.5 Å². The lowest BCUT2D eigenvalue weighted by Gasteiger charge is -2.43. The number of fused-ring (bicyclic) bond motifs is 1. The van der Waals surface area contributed by atoms with E-state index in [2.05, 4.69) is 46.3 Å². The molecule has 0 bridgehead atoms. The normalized spacial score (nSPS) is 19.9. The zero-order valence-electron chi connectivity index (χ0n) is 21.6. The van der Waals surface area contributed by atoms with Gasteiger partial charge in [-0.3, -0.25) is 14.4 Å². The number of hydrogen-bond acceptors (Lipinski definition) is 7. The number of rotatable bonds is 6. The Morgan fingerprint density at radius 2 is 1.92 bits per heavy atom. The van der Waals surface area contributed by atoms with Gasteiger partial charge in [-0.05, 0) is 30.5 Å². The summed E-state index contributed by atoms with van der Waals surface area (Å²) in [6, 6.07) is 7.85. The molecule has 3 heterocycles. The molecular weight excluding hydrogens is 496 g/mol. The molecule has 0 saturated carbocycles. The molecule has 0 spiro atoms. The predicted octanol–water partition coefficient (Wildman–Crippen LogP) is 3.10. The Labute approximate surface area is 222 Å². The van der Waals surface area contributed by atoms with Crippen LogP contribution in [0.15, 0.2) is 30.6 Å². The van der Waals surface area contributed by atoms with E-state index in [-0.39, 0.29) is 42.2 Å². The van der Waals surface area contributed by atoms with Crippen LogP contribution < -0.4 is 15.5 Å². The molecule has 2 aliphatic heterocycles. The molecule has 3 atom stereocenters. The van der Waals surface area contributed by atoms with Crippen molar-refractivity contribution in [1.29, 1.82) is 0 Å². The van der Waals surface area contributed by atoms with Gasteiger partial charge in [0.15, 0.2) is 0 Å². The van der Waals surface area contributed by atoms with Crippen molar-refractivity contribution in [3.63, 3.8) is 0 Å². The molecule has 200 valence electrons. The molecule has 2 amide bonds. The fraction of sp³-hybridized carbons (Fsp3) is 0.500. The molecule has 11 heteroatoms. The van der Waals surface area contributed by atoms with Crippen LogP contribution in [0, 0.1) is 0 Å². The zero-order chi connectivity index (χ0) is 27.1. The van der Waals surface area contributed by atoms with Crippen molar-refractivity contribution in [3.8, 4) is 0 Å². The van der Waals surface area contributed by atoms with Crippen molar-refractivity contribution in [2.24, 2.45) is 0 Å². The van der Waals surface area contributed by atoms with Crippen molar-refractivity contribution in [2.45, 2.75) is 58.0 Å². The summed E-state index contributed by atoms with van der Waals surface area (Å²) >= 11 is 6.09. The summed E-state index contributed by atoms with van der Waals surface area (Å²) < 4.78 is 0. The summed E-state index contributed by atoms with van der Waals surface area (Å²) in [4.78, 5) is 47.1. The zero-order valence-corrected chi connectivity index (χ0v) is 22.4. The summed E-state index contributed by atoms with van der Waals surface area (Å²) in [5, 5.41) is 13.8. The van der Waals surface area contributed by atoms with Gasteiger partial charge in [0.25, 0.3) is 6.47 Å². The lowest BCUT2D eigenvalue weighted by Crippen LogP contribution is -2.56. The molecule has 10 nitrogen and oxygen atoms in total. The van der Waals surface area contributed by atoms with E-state index in [0.29, 0.717) is 43.4 Å². The largest absolute Gasteiger partial charge is 0.483 e. The molecule has 1 saturated heterocycles. The van der Waals surface area contributed by atoms with E-state index in [1.807, 2.05) is 36.1 Å². The number of anilines is 2. The van der Waals surface area contributed by atoms with E-state index in [1.54, 1.807) is 0 Å². The number of carbonyl (C=O) groups is 3. The molecule has 0 radical (unpaired) electrons. The second-order valence-corrected chi connectivity index (χ2v) is 10.1. The molecule has 2 aromatic rings. The standard InChI is InChI=1S/C25H33ClN6O2.CH2O2/c1-15(2)27-12-20(18-5-7-19(26)8-6-18)25(34)32-10-9-31(13-17(32)4)24-22-16(3)11-21(33)30-23(22)28-14-29-24;2-1-3/h5-8,14-17,20,27H,9-13H2,1-4H3,(H,28,29,30,33);1H,(H,2,3)/t16-,17+,20-;/m1./s1. The van der Waals surface area contributed by atoms with Gasteiger partial charge in [0, 0.05) is 55.3 Å². The van der Waals surface area contributed by atoms with Crippen molar-refractivity contribution in [2.75, 3.05) is 36.4 Å². The van der Waals surface area contributed by atoms with Gasteiger partial charge in [0.1, 0.15) is 18.0 Å². The molecule has 4 rings (SSSR count). The minimum Gasteiger partial charge on any atom is -0.483 e. The van der Waals surface area contributed by atoms with Crippen LogP contribution in [-0.4, -0.2) is 76.5 Å². The van der Waals surface area contributed by atoms with E-state index in [0.717, 1.165) is 16.9 Å². The molecular formula is C26H35ClN6O4. The van der Waals surface area contributed by atoms with Crippen LogP contribution in [-0.2, 0) is 14.4 Å². The third-order valence-electron chi connectivity index (χ3n) is 6.62. The first-order valence-electron chi connectivity index (χ1n) is 12.4.